The molecule has 0 aromatic carbocycles. The fraction of sp³-hybridized carbons (Fsp3) is 0.368. The van der Waals surface area contributed by atoms with E-state index >= 15 is 0 Å². The summed E-state index contributed by atoms with van der Waals surface area (Å²) in [7, 11) is 0. The smallest absolute Gasteiger partial charge is 0.0143 e. The van der Waals surface area contributed by atoms with Crippen molar-refractivity contribution in [3.8, 4) is 0 Å². The van der Waals surface area contributed by atoms with Gasteiger partial charge < -0.3 is 0 Å². The second-order valence-corrected chi connectivity index (χ2v) is 6.10. The zero-order chi connectivity index (χ0) is 14.5. The molecule has 0 bridgehead atoms. The quantitative estimate of drug-likeness (QED) is 0.558. The van der Waals surface area contributed by atoms with Gasteiger partial charge in [-0.2, -0.15) is 0 Å². The lowest BCUT2D eigenvalue weighted by atomic mass is 9.76. The van der Waals surface area contributed by atoms with Gasteiger partial charge in [-0.25, -0.2) is 0 Å². The van der Waals surface area contributed by atoms with Crippen LogP contribution in [0.4, 0.5) is 0 Å². The molecule has 0 heterocycles. The van der Waals surface area contributed by atoms with Crippen molar-refractivity contribution in [3.63, 3.8) is 0 Å². The minimum absolute atomic E-state index is 0.00444. The molecule has 0 atom stereocenters. The predicted molar refractivity (Wildman–Crippen MR) is 87.0 cm³/mol. The van der Waals surface area contributed by atoms with Crippen molar-refractivity contribution in [1.82, 2.24) is 0 Å². The standard InChI is InChI=1S/C19H26/c1-7-9-11-16(8-2)19(5,6)17-12-10-14-18(3,4)15-13-17/h7-15H,1H2,2-6H3/b11-9-,16-8+. The Labute approximate surface area is 118 Å². The average molecular weight is 254 g/mol. The summed E-state index contributed by atoms with van der Waals surface area (Å²) >= 11 is 0. The summed E-state index contributed by atoms with van der Waals surface area (Å²) in [6, 6.07) is 0. The van der Waals surface area contributed by atoms with Gasteiger partial charge in [-0.05, 0) is 18.1 Å². The van der Waals surface area contributed by atoms with E-state index in [0.717, 1.165) is 0 Å². The van der Waals surface area contributed by atoms with Crippen molar-refractivity contribution in [1.29, 1.82) is 0 Å². The summed E-state index contributed by atoms with van der Waals surface area (Å²) in [4.78, 5) is 0. The van der Waals surface area contributed by atoms with E-state index in [-0.39, 0.29) is 10.8 Å². The van der Waals surface area contributed by atoms with Crippen LogP contribution in [-0.2, 0) is 0 Å². The van der Waals surface area contributed by atoms with Crippen molar-refractivity contribution in [2.75, 3.05) is 0 Å². The Morgan fingerprint density at radius 3 is 2.53 bits per heavy atom. The van der Waals surface area contributed by atoms with Gasteiger partial charge in [0.25, 0.3) is 0 Å². The Balaban J connectivity index is 3.14. The van der Waals surface area contributed by atoms with Gasteiger partial charge in [0.05, 0.1) is 0 Å². The summed E-state index contributed by atoms with van der Waals surface area (Å²) in [6.07, 6.45) is 19.3. The van der Waals surface area contributed by atoms with Crippen LogP contribution in [0.5, 0.6) is 0 Å². The van der Waals surface area contributed by atoms with Crippen LogP contribution in [0.2, 0.25) is 0 Å². The molecule has 0 spiro atoms. The minimum Gasteiger partial charge on any atom is -0.0991 e. The van der Waals surface area contributed by atoms with Crippen LogP contribution in [0.15, 0.2) is 72.4 Å². The highest BCUT2D eigenvalue weighted by molar-refractivity contribution is 5.43. The molecule has 0 nitrogen and oxygen atoms in total. The number of hydrogen-bond donors (Lipinski definition) is 0. The molecule has 0 radical (unpaired) electrons. The Bertz CT molecular complexity index is 474. The normalized spacial score (nSPS) is 19.4. The highest BCUT2D eigenvalue weighted by atomic mass is 14.3. The van der Waals surface area contributed by atoms with Crippen LogP contribution in [-0.4, -0.2) is 0 Å². The summed E-state index contributed by atoms with van der Waals surface area (Å²) in [5, 5.41) is 0. The van der Waals surface area contributed by atoms with E-state index in [9.17, 15) is 0 Å². The number of rotatable bonds is 4. The molecule has 1 rings (SSSR count). The van der Waals surface area contributed by atoms with Crippen molar-refractivity contribution in [3.05, 3.63) is 72.4 Å². The second-order valence-electron chi connectivity index (χ2n) is 6.10. The van der Waals surface area contributed by atoms with E-state index in [4.69, 9.17) is 0 Å². The monoisotopic (exact) mass is 254 g/mol. The van der Waals surface area contributed by atoms with E-state index in [1.807, 2.05) is 12.2 Å². The second kappa shape index (κ2) is 6.06. The molecular formula is C19H26. The first-order valence-corrected chi connectivity index (χ1v) is 6.88. The first kappa shape index (κ1) is 15.5. The van der Waals surface area contributed by atoms with Crippen LogP contribution in [0, 0.1) is 10.8 Å². The molecule has 1 aliphatic rings. The highest BCUT2D eigenvalue weighted by Gasteiger charge is 2.25. The van der Waals surface area contributed by atoms with Crippen molar-refractivity contribution >= 4 is 0 Å². The van der Waals surface area contributed by atoms with Crippen LogP contribution in [0.1, 0.15) is 34.6 Å². The van der Waals surface area contributed by atoms with Gasteiger partial charge in [-0.3, -0.25) is 0 Å². The molecule has 0 saturated carbocycles. The van der Waals surface area contributed by atoms with Crippen LogP contribution >= 0.6 is 0 Å². The molecule has 0 aromatic heterocycles. The first-order valence-electron chi connectivity index (χ1n) is 6.88. The summed E-state index contributed by atoms with van der Waals surface area (Å²) in [5.74, 6) is 0. The van der Waals surface area contributed by atoms with E-state index in [0.29, 0.717) is 0 Å². The third-order valence-corrected chi connectivity index (χ3v) is 3.66. The molecule has 0 aliphatic heterocycles. The Kier molecular flexibility index (Phi) is 4.94. The average Bonchev–Trinajstić information content (AvgIpc) is 2.51. The van der Waals surface area contributed by atoms with Gasteiger partial charge in [0.2, 0.25) is 0 Å². The van der Waals surface area contributed by atoms with Crippen LogP contribution in [0.3, 0.4) is 0 Å². The van der Waals surface area contributed by atoms with Crippen molar-refractivity contribution in [2.45, 2.75) is 34.6 Å². The fourth-order valence-corrected chi connectivity index (χ4v) is 2.24. The molecule has 0 amide bonds. The zero-order valence-corrected chi connectivity index (χ0v) is 12.9. The van der Waals surface area contributed by atoms with Crippen LogP contribution in [0.25, 0.3) is 0 Å². The molecule has 0 fully saturated rings. The van der Waals surface area contributed by atoms with Gasteiger partial charge in [0.1, 0.15) is 0 Å². The SMILES string of the molecule is C=C/C=C\C(=C/C)C(C)(C)C1=CC=CC(C)(C)C=C1. The van der Waals surface area contributed by atoms with Gasteiger partial charge in [0, 0.05) is 10.8 Å². The first-order chi connectivity index (χ1) is 8.83. The fourth-order valence-electron chi connectivity index (χ4n) is 2.24. The lowest BCUT2D eigenvalue weighted by Crippen LogP contribution is -2.16. The Morgan fingerprint density at radius 2 is 1.95 bits per heavy atom. The summed E-state index contributed by atoms with van der Waals surface area (Å²) < 4.78 is 0. The third-order valence-electron chi connectivity index (χ3n) is 3.66. The number of hydrogen-bond acceptors (Lipinski definition) is 0. The maximum atomic E-state index is 3.74. The minimum atomic E-state index is -0.00444. The maximum absolute atomic E-state index is 3.74. The molecule has 1 aliphatic carbocycles. The van der Waals surface area contributed by atoms with Gasteiger partial charge in [-0.15, -0.1) is 0 Å². The molecular weight excluding hydrogens is 228 g/mol. The molecule has 0 saturated heterocycles. The summed E-state index contributed by atoms with van der Waals surface area (Å²) in [5.41, 5.74) is 2.75. The van der Waals surface area contributed by atoms with Gasteiger partial charge in [0.15, 0.2) is 0 Å². The van der Waals surface area contributed by atoms with Gasteiger partial charge in [-0.1, -0.05) is 89.0 Å². The molecule has 0 heteroatoms. The zero-order valence-electron chi connectivity index (χ0n) is 12.9. The van der Waals surface area contributed by atoms with E-state index < -0.39 is 0 Å². The molecule has 19 heavy (non-hydrogen) atoms. The Morgan fingerprint density at radius 1 is 1.26 bits per heavy atom. The van der Waals surface area contributed by atoms with E-state index in [1.54, 1.807) is 0 Å². The lowest BCUT2D eigenvalue weighted by Gasteiger charge is -2.28. The van der Waals surface area contributed by atoms with E-state index in [1.165, 1.54) is 11.1 Å². The molecule has 0 aromatic rings. The van der Waals surface area contributed by atoms with Crippen LogP contribution < -0.4 is 0 Å². The largest absolute Gasteiger partial charge is 0.0991 e. The topological polar surface area (TPSA) is 0 Å². The highest BCUT2D eigenvalue weighted by Crippen LogP contribution is 2.38. The number of allylic oxidation sites excluding steroid dienone is 11. The summed E-state index contributed by atoms with van der Waals surface area (Å²) in [6.45, 7) is 14.8. The lowest BCUT2D eigenvalue weighted by molar-refractivity contribution is 0.563. The van der Waals surface area contributed by atoms with Crippen molar-refractivity contribution in [2.24, 2.45) is 10.8 Å². The molecule has 0 unspecified atom stereocenters. The van der Waals surface area contributed by atoms with Crippen molar-refractivity contribution < 1.29 is 0 Å². The molecule has 0 N–H and O–H groups in total. The van der Waals surface area contributed by atoms with Gasteiger partial charge >= 0.3 is 0 Å². The Hall–Kier alpha value is -1.56. The van der Waals surface area contributed by atoms with E-state index in [2.05, 4.69) is 83.7 Å². The molecule has 102 valence electrons. The third kappa shape index (κ3) is 3.96. The predicted octanol–water partition coefficient (Wildman–Crippen LogP) is 5.78. The maximum Gasteiger partial charge on any atom is 0.0143 e.